The second-order valence-corrected chi connectivity index (χ2v) is 6.36. The Hall–Kier alpha value is -3.13. The summed E-state index contributed by atoms with van der Waals surface area (Å²) in [6.45, 7) is -0.0220. The fourth-order valence-electron chi connectivity index (χ4n) is 2.69. The Morgan fingerprint density at radius 2 is 1.89 bits per heavy atom. The van der Waals surface area contributed by atoms with Crippen LogP contribution in [-0.4, -0.2) is 11.3 Å². The first-order chi connectivity index (χ1) is 13.3. The number of nitrogens with two attached hydrogens (primary N) is 1. The molecule has 0 aliphatic heterocycles. The van der Waals surface area contributed by atoms with Gasteiger partial charge in [-0.25, -0.2) is 0 Å². The van der Waals surface area contributed by atoms with Crippen LogP contribution in [0.15, 0.2) is 65.8 Å². The zero-order chi connectivity index (χ0) is 20.1. The lowest BCUT2D eigenvalue weighted by molar-refractivity contribution is -0.137. The average molecular weight is 403 g/mol. The quantitative estimate of drug-likeness (QED) is 0.371. The second kappa shape index (κ2) is 8.26. The summed E-state index contributed by atoms with van der Waals surface area (Å²) in [5.41, 5.74) is 8.21. The average Bonchev–Trinajstić information content (AvgIpc) is 2.66. The molecule has 0 saturated carbocycles. The highest BCUT2D eigenvalue weighted by atomic mass is 32.1. The Balaban J connectivity index is 1.90. The molecule has 0 saturated heterocycles. The molecule has 0 spiro atoms. The lowest BCUT2D eigenvalue weighted by atomic mass is 10.0. The number of nitrogens with one attached hydrogen (secondary N) is 1. The lowest BCUT2D eigenvalue weighted by Gasteiger charge is -2.13. The highest BCUT2D eigenvalue weighted by Gasteiger charge is 2.30. The van der Waals surface area contributed by atoms with E-state index < -0.39 is 11.7 Å². The van der Waals surface area contributed by atoms with Gasteiger partial charge in [-0.05, 0) is 46.8 Å². The third-order valence-corrected chi connectivity index (χ3v) is 4.04. The monoisotopic (exact) mass is 403 g/mol. The minimum Gasteiger partial charge on any atom is -0.488 e. The third kappa shape index (κ3) is 4.77. The predicted molar refractivity (Wildman–Crippen MR) is 107 cm³/mol. The number of hydrogen-bond acceptors (Lipinski definition) is 3. The van der Waals surface area contributed by atoms with Crippen molar-refractivity contribution in [3.8, 4) is 5.75 Å². The number of ether oxygens (including phenoxy) is 1. The van der Waals surface area contributed by atoms with Crippen LogP contribution < -0.4 is 15.9 Å². The molecule has 3 rings (SSSR count). The van der Waals surface area contributed by atoms with E-state index in [4.69, 9.17) is 22.7 Å². The molecule has 3 aromatic carbocycles. The minimum atomic E-state index is -4.40. The maximum absolute atomic E-state index is 12.9. The molecular formula is C20H16F3N3OS. The van der Waals surface area contributed by atoms with Crippen molar-refractivity contribution >= 4 is 34.3 Å². The van der Waals surface area contributed by atoms with Gasteiger partial charge in [0.15, 0.2) is 5.11 Å². The Morgan fingerprint density at radius 1 is 1.11 bits per heavy atom. The number of rotatable bonds is 5. The Morgan fingerprint density at radius 3 is 2.64 bits per heavy atom. The van der Waals surface area contributed by atoms with Gasteiger partial charge in [0.1, 0.15) is 12.4 Å². The number of alkyl halides is 3. The van der Waals surface area contributed by atoms with Gasteiger partial charge in [-0.3, -0.25) is 5.43 Å². The number of halogens is 3. The van der Waals surface area contributed by atoms with E-state index in [0.29, 0.717) is 16.9 Å². The number of nitrogens with zero attached hydrogens (tertiary/aromatic N) is 1. The summed E-state index contributed by atoms with van der Waals surface area (Å²) < 4.78 is 44.5. The fourth-order valence-corrected chi connectivity index (χ4v) is 2.75. The highest BCUT2D eigenvalue weighted by molar-refractivity contribution is 7.80. The van der Waals surface area contributed by atoms with E-state index in [9.17, 15) is 13.2 Å². The number of thiocarbonyl (C=S) groups is 1. The van der Waals surface area contributed by atoms with Gasteiger partial charge in [0, 0.05) is 5.56 Å². The predicted octanol–water partition coefficient (Wildman–Crippen LogP) is 4.60. The maximum Gasteiger partial charge on any atom is 0.416 e. The largest absolute Gasteiger partial charge is 0.488 e. The smallest absolute Gasteiger partial charge is 0.416 e. The normalized spacial score (nSPS) is 11.7. The molecule has 0 aliphatic rings. The molecule has 0 aliphatic carbocycles. The lowest BCUT2D eigenvalue weighted by Crippen LogP contribution is -2.24. The van der Waals surface area contributed by atoms with E-state index in [1.165, 1.54) is 12.3 Å². The summed E-state index contributed by atoms with van der Waals surface area (Å²) in [5, 5.41) is 5.84. The van der Waals surface area contributed by atoms with Crippen LogP contribution in [-0.2, 0) is 12.8 Å². The molecule has 0 atom stereocenters. The first kappa shape index (κ1) is 19.6. The van der Waals surface area contributed by atoms with Crippen LogP contribution in [0.1, 0.15) is 16.7 Å². The summed E-state index contributed by atoms with van der Waals surface area (Å²) in [7, 11) is 0. The molecular weight excluding hydrogens is 387 g/mol. The van der Waals surface area contributed by atoms with Crippen LogP contribution in [0.3, 0.4) is 0 Å². The van der Waals surface area contributed by atoms with Crippen molar-refractivity contribution in [2.24, 2.45) is 10.8 Å². The van der Waals surface area contributed by atoms with E-state index in [2.05, 4.69) is 10.5 Å². The maximum atomic E-state index is 12.9. The molecule has 28 heavy (non-hydrogen) atoms. The molecule has 0 heterocycles. The number of hydrogen-bond donors (Lipinski definition) is 2. The molecule has 0 radical (unpaired) electrons. The van der Waals surface area contributed by atoms with Gasteiger partial charge < -0.3 is 10.5 Å². The SMILES string of the molecule is NC(=S)N/N=C/c1c(OCc2cccc(C(F)(F)F)c2)ccc2ccccc12. The summed E-state index contributed by atoms with van der Waals surface area (Å²) in [6, 6.07) is 16.3. The van der Waals surface area contributed by atoms with Crippen LogP contribution in [0.2, 0.25) is 0 Å². The van der Waals surface area contributed by atoms with Gasteiger partial charge in [0.05, 0.1) is 11.8 Å². The Kier molecular flexibility index (Phi) is 5.79. The van der Waals surface area contributed by atoms with Crippen molar-refractivity contribution in [2.45, 2.75) is 12.8 Å². The van der Waals surface area contributed by atoms with E-state index in [1.807, 2.05) is 30.3 Å². The topological polar surface area (TPSA) is 59.6 Å². The van der Waals surface area contributed by atoms with Crippen LogP contribution in [0.25, 0.3) is 10.8 Å². The van der Waals surface area contributed by atoms with Crippen molar-refractivity contribution in [3.63, 3.8) is 0 Å². The van der Waals surface area contributed by atoms with E-state index in [-0.39, 0.29) is 11.7 Å². The minimum absolute atomic E-state index is 0.0166. The van der Waals surface area contributed by atoms with Crippen LogP contribution >= 0.6 is 12.2 Å². The molecule has 8 heteroatoms. The molecule has 3 aromatic rings. The summed E-state index contributed by atoms with van der Waals surface area (Å²) in [6.07, 6.45) is -2.88. The van der Waals surface area contributed by atoms with E-state index in [0.717, 1.165) is 22.9 Å². The molecule has 4 nitrogen and oxygen atoms in total. The molecule has 0 aromatic heterocycles. The van der Waals surface area contributed by atoms with E-state index in [1.54, 1.807) is 12.1 Å². The first-order valence-electron chi connectivity index (χ1n) is 8.24. The first-order valence-corrected chi connectivity index (χ1v) is 8.64. The number of benzene rings is 3. The standard InChI is InChI=1S/C20H16F3N3OS/c21-20(22,23)15-6-3-4-13(10-15)12-27-18-9-8-14-5-1-2-7-16(14)17(18)11-25-26-19(24)28/h1-11H,12H2,(H3,24,26,28)/b25-11+. The highest BCUT2D eigenvalue weighted by Crippen LogP contribution is 2.31. The van der Waals surface area contributed by atoms with Crippen molar-refractivity contribution in [3.05, 3.63) is 77.4 Å². The molecule has 3 N–H and O–H groups in total. The van der Waals surface area contributed by atoms with Crippen molar-refractivity contribution in [1.82, 2.24) is 5.43 Å². The van der Waals surface area contributed by atoms with Gasteiger partial charge >= 0.3 is 6.18 Å². The Bertz CT molecular complexity index is 1030. The van der Waals surface area contributed by atoms with Gasteiger partial charge in [-0.2, -0.15) is 18.3 Å². The van der Waals surface area contributed by atoms with Crippen LogP contribution in [0, 0.1) is 0 Å². The molecule has 0 fully saturated rings. The summed E-state index contributed by atoms with van der Waals surface area (Å²) in [4.78, 5) is 0. The van der Waals surface area contributed by atoms with Crippen molar-refractivity contribution < 1.29 is 17.9 Å². The summed E-state index contributed by atoms with van der Waals surface area (Å²) >= 11 is 4.73. The molecule has 0 unspecified atom stereocenters. The van der Waals surface area contributed by atoms with Gasteiger partial charge in [0.25, 0.3) is 0 Å². The van der Waals surface area contributed by atoms with Gasteiger partial charge in [-0.1, -0.05) is 42.5 Å². The van der Waals surface area contributed by atoms with Crippen molar-refractivity contribution in [2.75, 3.05) is 0 Å². The van der Waals surface area contributed by atoms with Crippen LogP contribution in [0.5, 0.6) is 5.75 Å². The molecule has 0 bridgehead atoms. The van der Waals surface area contributed by atoms with Crippen LogP contribution in [0.4, 0.5) is 13.2 Å². The van der Waals surface area contributed by atoms with Gasteiger partial charge in [0.2, 0.25) is 0 Å². The van der Waals surface area contributed by atoms with Crippen molar-refractivity contribution in [1.29, 1.82) is 0 Å². The number of hydrazone groups is 1. The van der Waals surface area contributed by atoms with E-state index >= 15 is 0 Å². The Labute approximate surface area is 164 Å². The zero-order valence-electron chi connectivity index (χ0n) is 14.5. The number of fused-ring (bicyclic) bond motifs is 1. The third-order valence-electron chi connectivity index (χ3n) is 3.95. The fraction of sp³-hybridized carbons (Fsp3) is 0.100. The molecule has 0 amide bonds. The van der Waals surface area contributed by atoms with Gasteiger partial charge in [-0.15, -0.1) is 0 Å². The second-order valence-electron chi connectivity index (χ2n) is 5.92. The summed E-state index contributed by atoms with van der Waals surface area (Å²) in [5.74, 6) is 0.476. The zero-order valence-corrected chi connectivity index (χ0v) is 15.3. The molecule has 144 valence electrons.